The second-order valence-electron chi connectivity index (χ2n) is 3.72. The Balaban J connectivity index is 2.09. The number of amides is 1. The van der Waals surface area contributed by atoms with E-state index in [1.807, 2.05) is 16.3 Å². The number of thiol groups is 1. The molecule has 0 unspecified atom stereocenters. The van der Waals surface area contributed by atoms with Gasteiger partial charge in [0.15, 0.2) is 0 Å². The second-order valence-corrected chi connectivity index (χ2v) is 5.15. The fraction of sp³-hybridized carbons (Fsp3) is 0.364. The Kier molecular flexibility index (Phi) is 3.17. The Morgan fingerprint density at radius 2 is 2.40 bits per heavy atom. The molecule has 0 aliphatic carbocycles. The summed E-state index contributed by atoms with van der Waals surface area (Å²) < 4.78 is 0. The Bertz CT molecular complexity index is 408. The van der Waals surface area contributed by atoms with E-state index in [9.17, 15) is 4.79 Å². The van der Waals surface area contributed by atoms with E-state index in [1.165, 1.54) is 16.9 Å². The maximum Gasteiger partial charge on any atom is 0.264 e. The van der Waals surface area contributed by atoms with Crippen LogP contribution in [0.2, 0.25) is 0 Å². The van der Waals surface area contributed by atoms with E-state index in [0.717, 1.165) is 29.3 Å². The van der Waals surface area contributed by atoms with E-state index in [-0.39, 0.29) is 5.91 Å². The number of carbonyl (C=O) groups is 1. The summed E-state index contributed by atoms with van der Waals surface area (Å²) in [6.45, 7) is 3.68. The number of rotatable bonds is 1. The average molecular weight is 239 g/mol. The summed E-state index contributed by atoms with van der Waals surface area (Å²) in [5.41, 5.74) is 1.38. The van der Waals surface area contributed by atoms with Gasteiger partial charge >= 0.3 is 0 Å². The SMILES string of the molecule is CC1=CCN(C(=O)c2cc(S)cs2)CC1. The molecule has 0 aromatic carbocycles. The van der Waals surface area contributed by atoms with Crippen molar-refractivity contribution in [3.8, 4) is 0 Å². The van der Waals surface area contributed by atoms with Gasteiger partial charge in [-0.15, -0.1) is 24.0 Å². The highest BCUT2D eigenvalue weighted by molar-refractivity contribution is 7.80. The van der Waals surface area contributed by atoms with Gasteiger partial charge in [-0.05, 0) is 19.4 Å². The summed E-state index contributed by atoms with van der Waals surface area (Å²) in [4.78, 5) is 15.5. The van der Waals surface area contributed by atoms with Crippen LogP contribution in [0.3, 0.4) is 0 Å². The van der Waals surface area contributed by atoms with Gasteiger partial charge < -0.3 is 4.90 Å². The van der Waals surface area contributed by atoms with E-state index in [4.69, 9.17) is 0 Å². The highest BCUT2D eigenvalue weighted by atomic mass is 32.1. The predicted molar refractivity (Wildman–Crippen MR) is 65.8 cm³/mol. The van der Waals surface area contributed by atoms with Crippen molar-refractivity contribution in [1.82, 2.24) is 4.90 Å². The molecule has 1 aromatic rings. The first-order chi connectivity index (χ1) is 7.16. The molecule has 1 aromatic heterocycles. The van der Waals surface area contributed by atoms with Gasteiger partial charge in [0.2, 0.25) is 0 Å². The first kappa shape index (κ1) is 10.8. The van der Waals surface area contributed by atoms with Crippen molar-refractivity contribution in [2.75, 3.05) is 13.1 Å². The van der Waals surface area contributed by atoms with Crippen LogP contribution in [0.4, 0.5) is 0 Å². The van der Waals surface area contributed by atoms with Gasteiger partial charge in [-0.2, -0.15) is 0 Å². The fourth-order valence-electron chi connectivity index (χ4n) is 1.55. The van der Waals surface area contributed by atoms with Crippen LogP contribution < -0.4 is 0 Å². The molecular formula is C11H13NOS2. The highest BCUT2D eigenvalue weighted by Gasteiger charge is 2.18. The molecule has 1 aliphatic rings. The molecule has 0 bridgehead atoms. The Morgan fingerprint density at radius 1 is 1.60 bits per heavy atom. The molecule has 1 aliphatic heterocycles. The number of hydrogen-bond acceptors (Lipinski definition) is 3. The largest absolute Gasteiger partial charge is 0.334 e. The molecule has 0 atom stereocenters. The van der Waals surface area contributed by atoms with E-state index in [1.54, 1.807) is 0 Å². The number of carbonyl (C=O) groups excluding carboxylic acids is 1. The van der Waals surface area contributed by atoms with Gasteiger partial charge in [-0.1, -0.05) is 11.6 Å². The minimum atomic E-state index is 0.129. The van der Waals surface area contributed by atoms with Crippen molar-refractivity contribution in [2.45, 2.75) is 18.2 Å². The van der Waals surface area contributed by atoms with Crippen LogP contribution in [0.25, 0.3) is 0 Å². The van der Waals surface area contributed by atoms with Gasteiger partial charge in [0.05, 0.1) is 4.88 Å². The number of nitrogens with zero attached hydrogens (tertiary/aromatic N) is 1. The first-order valence-corrected chi connectivity index (χ1v) is 6.22. The second kappa shape index (κ2) is 4.41. The maximum atomic E-state index is 12.0. The van der Waals surface area contributed by atoms with Crippen molar-refractivity contribution in [3.63, 3.8) is 0 Å². The minimum Gasteiger partial charge on any atom is -0.334 e. The molecule has 2 nitrogen and oxygen atoms in total. The van der Waals surface area contributed by atoms with Crippen molar-refractivity contribution < 1.29 is 4.79 Å². The summed E-state index contributed by atoms with van der Waals surface area (Å²) in [6.07, 6.45) is 3.11. The monoisotopic (exact) mass is 239 g/mol. The fourth-order valence-corrected chi connectivity index (χ4v) is 2.66. The van der Waals surface area contributed by atoms with Crippen LogP contribution in [0.15, 0.2) is 28.0 Å². The van der Waals surface area contributed by atoms with Gasteiger partial charge in [-0.25, -0.2) is 0 Å². The standard InChI is InChI=1S/C11H13NOS2/c1-8-2-4-12(5-3-8)11(13)10-6-9(14)7-15-10/h2,6-7,14H,3-5H2,1H3. The van der Waals surface area contributed by atoms with Crippen LogP contribution in [0.5, 0.6) is 0 Å². The average Bonchev–Trinajstić information content (AvgIpc) is 2.65. The molecule has 0 radical (unpaired) electrons. The van der Waals surface area contributed by atoms with Gasteiger partial charge in [0.25, 0.3) is 5.91 Å². The van der Waals surface area contributed by atoms with Crippen LogP contribution in [0, 0.1) is 0 Å². The molecule has 4 heteroatoms. The van der Waals surface area contributed by atoms with Crippen molar-refractivity contribution >= 4 is 29.9 Å². The summed E-state index contributed by atoms with van der Waals surface area (Å²) in [5.74, 6) is 0.129. The van der Waals surface area contributed by atoms with Crippen LogP contribution in [-0.4, -0.2) is 23.9 Å². The molecule has 2 heterocycles. The third-order valence-corrected chi connectivity index (χ3v) is 3.87. The summed E-state index contributed by atoms with van der Waals surface area (Å²) in [6, 6.07) is 1.83. The predicted octanol–water partition coefficient (Wildman–Crippen LogP) is 2.83. The zero-order valence-corrected chi connectivity index (χ0v) is 10.3. The van der Waals surface area contributed by atoms with Gasteiger partial charge in [0, 0.05) is 23.4 Å². The topological polar surface area (TPSA) is 20.3 Å². The Labute approximate surface area is 99.0 Å². The van der Waals surface area contributed by atoms with Crippen molar-refractivity contribution in [1.29, 1.82) is 0 Å². The van der Waals surface area contributed by atoms with Crippen LogP contribution in [-0.2, 0) is 0 Å². The molecule has 0 fully saturated rings. The lowest BCUT2D eigenvalue weighted by Gasteiger charge is -2.24. The van der Waals surface area contributed by atoms with Crippen LogP contribution >= 0.6 is 24.0 Å². The molecule has 0 saturated carbocycles. The minimum absolute atomic E-state index is 0.129. The van der Waals surface area contributed by atoms with E-state index >= 15 is 0 Å². The summed E-state index contributed by atoms with van der Waals surface area (Å²) in [7, 11) is 0. The molecular weight excluding hydrogens is 226 g/mol. The summed E-state index contributed by atoms with van der Waals surface area (Å²) >= 11 is 5.67. The lowest BCUT2D eigenvalue weighted by molar-refractivity contribution is 0.0773. The molecule has 0 N–H and O–H groups in total. The van der Waals surface area contributed by atoms with Crippen LogP contribution in [0.1, 0.15) is 23.0 Å². The lowest BCUT2D eigenvalue weighted by Crippen LogP contribution is -2.34. The zero-order valence-electron chi connectivity index (χ0n) is 8.56. The molecule has 15 heavy (non-hydrogen) atoms. The summed E-state index contributed by atoms with van der Waals surface area (Å²) in [5, 5.41) is 1.89. The lowest BCUT2D eigenvalue weighted by atomic mass is 10.1. The molecule has 0 saturated heterocycles. The smallest absolute Gasteiger partial charge is 0.264 e. The van der Waals surface area contributed by atoms with E-state index in [0.29, 0.717) is 0 Å². The van der Waals surface area contributed by atoms with Gasteiger partial charge in [-0.3, -0.25) is 4.79 Å². The first-order valence-electron chi connectivity index (χ1n) is 4.89. The quantitative estimate of drug-likeness (QED) is 0.590. The molecule has 2 rings (SSSR count). The van der Waals surface area contributed by atoms with E-state index in [2.05, 4.69) is 25.6 Å². The highest BCUT2D eigenvalue weighted by Crippen LogP contribution is 2.21. The van der Waals surface area contributed by atoms with Crippen molar-refractivity contribution in [2.24, 2.45) is 0 Å². The third kappa shape index (κ3) is 2.44. The van der Waals surface area contributed by atoms with Gasteiger partial charge in [0.1, 0.15) is 0 Å². The normalized spacial score (nSPS) is 16.4. The molecule has 0 spiro atoms. The molecule has 80 valence electrons. The Hall–Kier alpha value is -0.740. The Morgan fingerprint density at radius 3 is 2.93 bits per heavy atom. The molecule has 1 amide bonds. The van der Waals surface area contributed by atoms with E-state index < -0.39 is 0 Å². The maximum absolute atomic E-state index is 12.0. The third-order valence-electron chi connectivity index (χ3n) is 2.52. The van der Waals surface area contributed by atoms with Crippen molar-refractivity contribution in [3.05, 3.63) is 28.0 Å². The zero-order chi connectivity index (χ0) is 10.8. The number of hydrogen-bond donors (Lipinski definition) is 1. The number of thiophene rings is 1.